The van der Waals surface area contributed by atoms with Crippen molar-refractivity contribution in [1.82, 2.24) is 4.90 Å². The fourth-order valence-corrected chi connectivity index (χ4v) is 3.39. The van der Waals surface area contributed by atoms with Crippen LogP contribution in [0.25, 0.3) is 0 Å². The van der Waals surface area contributed by atoms with Crippen molar-refractivity contribution in [3.05, 3.63) is 0 Å². The second-order valence-electron chi connectivity index (χ2n) is 6.15. The second kappa shape index (κ2) is 4.78. The number of likely N-dealkylation sites (tertiary alicyclic amines) is 1. The Morgan fingerprint density at radius 1 is 1.39 bits per heavy atom. The fourth-order valence-electron chi connectivity index (χ4n) is 3.39. The van der Waals surface area contributed by atoms with Crippen molar-refractivity contribution in [2.24, 2.45) is 22.2 Å². The molecule has 102 valence electrons. The van der Waals surface area contributed by atoms with Crippen molar-refractivity contribution in [1.29, 1.82) is 0 Å². The summed E-state index contributed by atoms with van der Waals surface area (Å²) in [6.45, 7) is 5.06. The van der Waals surface area contributed by atoms with Gasteiger partial charge < -0.3 is 15.8 Å². The minimum Gasteiger partial charge on any atom is -0.409 e. The van der Waals surface area contributed by atoms with E-state index in [4.69, 9.17) is 10.9 Å². The van der Waals surface area contributed by atoms with Gasteiger partial charge in [-0.15, -0.1) is 0 Å². The normalized spacial score (nSPS) is 31.9. The first kappa shape index (κ1) is 13.2. The quantitative estimate of drug-likeness (QED) is 0.339. The fraction of sp³-hybridized carbons (Fsp3) is 0.846. The maximum Gasteiger partial charge on any atom is 0.226 e. The number of carbonyl (C=O) groups is 1. The largest absolute Gasteiger partial charge is 0.409 e. The molecule has 0 aromatic heterocycles. The van der Waals surface area contributed by atoms with Crippen LogP contribution in [0, 0.1) is 11.3 Å². The number of nitrogens with two attached hydrogens (primary N) is 1. The van der Waals surface area contributed by atoms with Crippen LogP contribution in [0.4, 0.5) is 0 Å². The molecule has 2 rings (SSSR count). The first-order valence-corrected chi connectivity index (χ1v) is 6.75. The lowest BCUT2D eigenvalue weighted by molar-refractivity contribution is -0.138. The van der Waals surface area contributed by atoms with E-state index in [9.17, 15) is 4.79 Å². The standard InChI is InChI=1S/C13H23N3O2/c1-13(2)7-3-5-9(13)12(17)16-8-4-6-10(16)11(14)15-18/h9-10,18H,3-8H2,1-2H3,(H2,14,15). The number of oxime groups is 1. The van der Waals surface area contributed by atoms with Crippen LogP contribution in [-0.4, -0.2) is 34.4 Å². The number of amidine groups is 1. The average Bonchev–Trinajstić information content (AvgIpc) is 2.93. The molecule has 5 nitrogen and oxygen atoms in total. The summed E-state index contributed by atoms with van der Waals surface area (Å²) in [6.07, 6.45) is 4.91. The Morgan fingerprint density at radius 2 is 2.11 bits per heavy atom. The molecule has 5 heteroatoms. The molecule has 18 heavy (non-hydrogen) atoms. The van der Waals surface area contributed by atoms with Gasteiger partial charge in [-0.1, -0.05) is 25.4 Å². The minimum atomic E-state index is -0.209. The maximum absolute atomic E-state index is 12.6. The highest BCUT2D eigenvalue weighted by Crippen LogP contribution is 2.44. The van der Waals surface area contributed by atoms with Gasteiger partial charge in [-0.25, -0.2) is 0 Å². The molecule has 0 radical (unpaired) electrons. The van der Waals surface area contributed by atoms with Crippen LogP contribution < -0.4 is 5.73 Å². The molecule has 0 aromatic carbocycles. The Balaban J connectivity index is 2.13. The van der Waals surface area contributed by atoms with E-state index in [0.29, 0.717) is 0 Å². The third kappa shape index (κ3) is 2.18. The van der Waals surface area contributed by atoms with Gasteiger partial charge >= 0.3 is 0 Å². The molecule has 1 heterocycles. The summed E-state index contributed by atoms with van der Waals surface area (Å²) in [4.78, 5) is 14.4. The summed E-state index contributed by atoms with van der Waals surface area (Å²) in [5.74, 6) is 0.438. The third-order valence-electron chi connectivity index (χ3n) is 4.55. The van der Waals surface area contributed by atoms with Gasteiger partial charge in [-0.2, -0.15) is 0 Å². The molecule has 2 unspecified atom stereocenters. The molecule has 2 aliphatic rings. The predicted octanol–water partition coefficient (Wildman–Crippen LogP) is 1.55. The lowest BCUT2D eigenvalue weighted by atomic mass is 9.81. The summed E-state index contributed by atoms with van der Waals surface area (Å²) in [5, 5.41) is 11.9. The molecule has 2 fully saturated rings. The molecule has 1 saturated heterocycles. The van der Waals surface area contributed by atoms with Crippen LogP contribution in [0.1, 0.15) is 46.0 Å². The SMILES string of the molecule is CC1(C)CCCC1C(=O)N1CCCC1C(N)=NO. The van der Waals surface area contributed by atoms with Crippen LogP contribution in [0.2, 0.25) is 0 Å². The first-order chi connectivity index (χ1) is 8.47. The average molecular weight is 253 g/mol. The summed E-state index contributed by atoms with van der Waals surface area (Å²) >= 11 is 0. The van der Waals surface area contributed by atoms with Crippen LogP contribution in [0.5, 0.6) is 0 Å². The van der Waals surface area contributed by atoms with E-state index in [1.54, 1.807) is 0 Å². The number of rotatable bonds is 2. The minimum absolute atomic E-state index is 0.0787. The Kier molecular flexibility index (Phi) is 3.50. The molecular weight excluding hydrogens is 230 g/mol. The van der Waals surface area contributed by atoms with Gasteiger partial charge in [-0.3, -0.25) is 4.79 Å². The van der Waals surface area contributed by atoms with E-state index in [0.717, 1.165) is 38.6 Å². The van der Waals surface area contributed by atoms with E-state index in [-0.39, 0.29) is 29.1 Å². The van der Waals surface area contributed by atoms with Crippen molar-refractivity contribution in [3.63, 3.8) is 0 Å². The van der Waals surface area contributed by atoms with Crippen LogP contribution in [-0.2, 0) is 4.79 Å². The van der Waals surface area contributed by atoms with Crippen molar-refractivity contribution in [3.8, 4) is 0 Å². The lowest BCUT2D eigenvalue weighted by Gasteiger charge is -2.32. The number of hydrogen-bond acceptors (Lipinski definition) is 3. The first-order valence-electron chi connectivity index (χ1n) is 6.75. The van der Waals surface area contributed by atoms with Gasteiger partial charge in [0, 0.05) is 12.5 Å². The molecule has 0 spiro atoms. The Morgan fingerprint density at radius 3 is 2.67 bits per heavy atom. The van der Waals surface area contributed by atoms with Crippen molar-refractivity contribution in [2.45, 2.75) is 52.0 Å². The predicted molar refractivity (Wildman–Crippen MR) is 69.3 cm³/mol. The van der Waals surface area contributed by atoms with Gasteiger partial charge in [0.2, 0.25) is 5.91 Å². The second-order valence-corrected chi connectivity index (χ2v) is 6.15. The van der Waals surface area contributed by atoms with E-state index in [2.05, 4.69) is 19.0 Å². The third-order valence-corrected chi connectivity index (χ3v) is 4.55. The molecular formula is C13H23N3O2. The topological polar surface area (TPSA) is 78.9 Å². The van der Waals surface area contributed by atoms with E-state index >= 15 is 0 Å². The van der Waals surface area contributed by atoms with Crippen molar-refractivity contribution >= 4 is 11.7 Å². The number of nitrogens with zero attached hydrogens (tertiary/aromatic N) is 2. The zero-order valence-electron chi connectivity index (χ0n) is 11.2. The Labute approximate surface area is 108 Å². The Hall–Kier alpha value is -1.26. The van der Waals surface area contributed by atoms with Crippen molar-refractivity contribution < 1.29 is 10.0 Å². The number of hydrogen-bond donors (Lipinski definition) is 2. The van der Waals surface area contributed by atoms with E-state index < -0.39 is 0 Å². The molecule has 3 N–H and O–H groups in total. The van der Waals surface area contributed by atoms with Crippen LogP contribution in [0.3, 0.4) is 0 Å². The molecule has 1 amide bonds. The molecule has 1 saturated carbocycles. The highest BCUT2D eigenvalue weighted by atomic mass is 16.4. The van der Waals surface area contributed by atoms with Gasteiger partial charge in [-0.05, 0) is 31.1 Å². The van der Waals surface area contributed by atoms with Crippen molar-refractivity contribution in [2.75, 3.05) is 6.54 Å². The summed E-state index contributed by atoms with van der Waals surface area (Å²) in [7, 11) is 0. The van der Waals surface area contributed by atoms with Gasteiger partial charge in [0.25, 0.3) is 0 Å². The van der Waals surface area contributed by atoms with Crippen LogP contribution in [0.15, 0.2) is 5.16 Å². The van der Waals surface area contributed by atoms with Crippen LogP contribution >= 0.6 is 0 Å². The van der Waals surface area contributed by atoms with Gasteiger partial charge in [0.15, 0.2) is 5.84 Å². The molecule has 0 aromatic rings. The summed E-state index contributed by atoms with van der Waals surface area (Å²) in [5.41, 5.74) is 5.76. The highest BCUT2D eigenvalue weighted by Gasteiger charge is 2.44. The zero-order chi connectivity index (χ0) is 13.3. The number of carbonyl (C=O) groups excluding carboxylic acids is 1. The molecule has 0 bridgehead atoms. The monoisotopic (exact) mass is 253 g/mol. The lowest BCUT2D eigenvalue weighted by Crippen LogP contribution is -2.47. The Bertz CT molecular complexity index is 365. The molecule has 2 atom stereocenters. The summed E-state index contributed by atoms with van der Waals surface area (Å²) < 4.78 is 0. The molecule has 1 aliphatic heterocycles. The number of amides is 1. The zero-order valence-corrected chi connectivity index (χ0v) is 11.2. The highest BCUT2D eigenvalue weighted by molar-refractivity contribution is 5.91. The van der Waals surface area contributed by atoms with E-state index in [1.807, 2.05) is 4.90 Å². The van der Waals surface area contributed by atoms with Gasteiger partial charge in [0.05, 0.1) is 6.04 Å². The van der Waals surface area contributed by atoms with E-state index in [1.165, 1.54) is 0 Å². The smallest absolute Gasteiger partial charge is 0.226 e. The summed E-state index contributed by atoms with van der Waals surface area (Å²) in [6, 6.07) is -0.209. The van der Waals surface area contributed by atoms with Gasteiger partial charge in [0.1, 0.15) is 0 Å². The molecule has 1 aliphatic carbocycles. The maximum atomic E-state index is 12.6.